The number of amides is 2. The van der Waals surface area contributed by atoms with Crippen LogP contribution in [-0.2, 0) is 4.79 Å². The van der Waals surface area contributed by atoms with Crippen LogP contribution in [0.25, 0.3) is 0 Å². The molecule has 1 saturated heterocycles. The van der Waals surface area contributed by atoms with Gasteiger partial charge < -0.3 is 15.2 Å². The first kappa shape index (κ1) is 13.1. The van der Waals surface area contributed by atoms with E-state index in [-0.39, 0.29) is 17.9 Å². The second kappa shape index (κ2) is 5.56. The van der Waals surface area contributed by atoms with Gasteiger partial charge in [-0.1, -0.05) is 0 Å². The number of nitrogens with one attached hydrogen (secondary N) is 2. The molecule has 0 saturated carbocycles. The lowest BCUT2D eigenvalue weighted by molar-refractivity contribution is -0.129. The lowest BCUT2D eigenvalue weighted by Gasteiger charge is -2.31. The average molecular weight is 314 g/mol. The standard InChI is InChI=1S/C12H16BrN3O2/c1-8(17)16-4-2-10(3-5-16)15-12(18)11-6-9(13)7-14-11/h6-7,10,14H,2-5H2,1H3,(H,15,18). The van der Waals surface area contributed by atoms with Gasteiger partial charge in [-0.05, 0) is 34.8 Å². The van der Waals surface area contributed by atoms with Crippen LogP contribution >= 0.6 is 15.9 Å². The molecule has 0 atom stereocenters. The summed E-state index contributed by atoms with van der Waals surface area (Å²) in [7, 11) is 0. The molecule has 0 bridgehead atoms. The SMILES string of the molecule is CC(=O)N1CCC(NC(=O)c2cc(Br)c[nH]2)CC1. The molecule has 1 aliphatic rings. The Hall–Kier alpha value is -1.30. The van der Waals surface area contributed by atoms with Crippen molar-refractivity contribution in [1.29, 1.82) is 0 Å². The van der Waals surface area contributed by atoms with Crippen molar-refractivity contribution in [2.75, 3.05) is 13.1 Å². The number of rotatable bonds is 2. The van der Waals surface area contributed by atoms with Gasteiger partial charge in [0.25, 0.3) is 5.91 Å². The summed E-state index contributed by atoms with van der Waals surface area (Å²) in [4.78, 5) is 27.8. The zero-order valence-electron chi connectivity index (χ0n) is 10.2. The number of hydrogen-bond donors (Lipinski definition) is 2. The molecular formula is C12H16BrN3O2. The van der Waals surface area contributed by atoms with Gasteiger partial charge in [0.15, 0.2) is 0 Å². The Kier molecular flexibility index (Phi) is 4.06. The average Bonchev–Trinajstić information content (AvgIpc) is 2.76. The van der Waals surface area contributed by atoms with Gasteiger partial charge in [0.1, 0.15) is 5.69 Å². The molecular weight excluding hydrogens is 298 g/mol. The van der Waals surface area contributed by atoms with Crippen molar-refractivity contribution in [2.45, 2.75) is 25.8 Å². The van der Waals surface area contributed by atoms with Gasteiger partial charge in [-0.25, -0.2) is 0 Å². The van der Waals surface area contributed by atoms with Crippen LogP contribution in [0.3, 0.4) is 0 Å². The Morgan fingerprint density at radius 2 is 2.11 bits per heavy atom. The van der Waals surface area contributed by atoms with Crippen LogP contribution in [0.5, 0.6) is 0 Å². The maximum absolute atomic E-state index is 11.9. The van der Waals surface area contributed by atoms with E-state index in [0.717, 1.165) is 17.3 Å². The number of carbonyl (C=O) groups excluding carboxylic acids is 2. The molecule has 18 heavy (non-hydrogen) atoms. The molecule has 5 nitrogen and oxygen atoms in total. The van der Waals surface area contributed by atoms with E-state index in [2.05, 4.69) is 26.2 Å². The van der Waals surface area contributed by atoms with E-state index in [0.29, 0.717) is 18.8 Å². The zero-order valence-corrected chi connectivity index (χ0v) is 11.8. The first-order chi connectivity index (χ1) is 8.56. The van der Waals surface area contributed by atoms with E-state index in [4.69, 9.17) is 0 Å². The number of H-pyrrole nitrogens is 1. The van der Waals surface area contributed by atoms with Crippen LogP contribution in [0.15, 0.2) is 16.7 Å². The summed E-state index contributed by atoms with van der Waals surface area (Å²) < 4.78 is 0.860. The fourth-order valence-electron chi connectivity index (χ4n) is 2.10. The van der Waals surface area contributed by atoms with E-state index in [1.165, 1.54) is 0 Å². The van der Waals surface area contributed by atoms with Gasteiger partial charge >= 0.3 is 0 Å². The van der Waals surface area contributed by atoms with Crippen molar-refractivity contribution in [1.82, 2.24) is 15.2 Å². The van der Waals surface area contributed by atoms with Crippen LogP contribution in [0.2, 0.25) is 0 Å². The Morgan fingerprint density at radius 3 is 2.61 bits per heavy atom. The molecule has 0 radical (unpaired) electrons. The molecule has 0 aromatic carbocycles. The predicted octanol–water partition coefficient (Wildman–Crippen LogP) is 1.52. The van der Waals surface area contributed by atoms with Crippen molar-refractivity contribution in [3.63, 3.8) is 0 Å². The quantitative estimate of drug-likeness (QED) is 0.869. The van der Waals surface area contributed by atoms with Crippen LogP contribution < -0.4 is 5.32 Å². The Morgan fingerprint density at radius 1 is 1.44 bits per heavy atom. The largest absolute Gasteiger partial charge is 0.356 e. The molecule has 0 unspecified atom stereocenters. The minimum Gasteiger partial charge on any atom is -0.356 e. The van der Waals surface area contributed by atoms with Crippen molar-refractivity contribution in [3.05, 3.63) is 22.4 Å². The molecule has 2 heterocycles. The Bertz CT molecular complexity index is 450. The lowest BCUT2D eigenvalue weighted by atomic mass is 10.0. The van der Waals surface area contributed by atoms with Crippen molar-refractivity contribution in [2.24, 2.45) is 0 Å². The van der Waals surface area contributed by atoms with Gasteiger partial charge in [-0.3, -0.25) is 9.59 Å². The molecule has 1 aromatic heterocycles. The highest BCUT2D eigenvalue weighted by molar-refractivity contribution is 9.10. The van der Waals surface area contributed by atoms with Crippen molar-refractivity contribution >= 4 is 27.7 Å². The molecule has 0 spiro atoms. The van der Waals surface area contributed by atoms with Gasteiger partial charge in [0, 0.05) is 36.7 Å². The monoisotopic (exact) mass is 313 g/mol. The van der Waals surface area contributed by atoms with Gasteiger partial charge in [0.05, 0.1) is 0 Å². The summed E-state index contributed by atoms with van der Waals surface area (Å²) in [5.41, 5.74) is 0.552. The molecule has 98 valence electrons. The highest BCUT2D eigenvalue weighted by Gasteiger charge is 2.22. The second-order valence-electron chi connectivity index (χ2n) is 4.49. The van der Waals surface area contributed by atoms with Crippen LogP contribution in [0.4, 0.5) is 0 Å². The van der Waals surface area contributed by atoms with Crippen LogP contribution in [-0.4, -0.2) is 40.8 Å². The number of piperidine rings is 1. The Labute approximate surface area is 114 Å². The van der Waals surface area contributed by atoms with E-state index in [1.54, 1.807) is 19.2 Å². The summed E-state index contributed by atoms with van der Waals surface area (Å²) in [6.45, 7) is 3.01. The molecule has 1 fully saturated rings. The third-order valence-electron chi connectivity index (χ3n) is 3.17. The zero-order chi connectivity index (χ0) is 13.1. The number of halogens is 1. The normalized spacial score (nSPS) is 16.7. The summed E-state index contributed by atoms with van der Waals surface area (Å²) in [6.07, 6.45) is 3.35. The topological polar surface area (TPSA) is 65.2 Å². The third-order valence-corrected chi connectivity index (χ3v) is 3.63. The number of likely N-dealkylation sites (tertiary alicyclic amines) is 1. The van der Waals surface area contributed by atoms with E-state index >= 15 is 0 Å². The van der Waals surface area contributed by atoms with Crippen LogP contribution in [0.1, 0.15) is 30.3 Å². The first-order valence-electron chi connectivity index (χ1n) is 5.96. The van der Waals surface area contributed by atoms with Crippen LogP contribution in [0, 0.1) is 0 Å². The lowest BCUT2D eigenvalue weighted by Crippen LogP contribution is -2.46. The minimum absolute atomic E-state index is 0.0954. The maximum atomic E-state index is 11.9. The number of hydrogen-bond acceptors (Lipinski definition) is 2. The van der Waals surface area contributed by atoms with E-state index in [1.807, 2.05) is 4.90 Å². The number of carbonyl (C=O) groups is 2. The van der Waals surface area contributed by atoms with E-state index in [9.17, 15) is 9.59 Å². The summed E-state index contributed by atoms with van der Waals surface area (Å²) in [5, 5.41) is 2.98. The summed E-state index contributed by atoms with van der Waals surface area (Å²) in [6, 6.07) is 1.90. The molecule has 0 aliphatic carbocycles. The molecule has 1 aromatic rings. The molecule has 1 aliphatic heterocycles. The minimum atomic E-state index is -0.0954. The molecule has 2 N–H and O–H groups in total. The predicted molar refractivity (Wildman–Crippen MR) is 71.2 cm³/mol. The van der Waals surface area contributed by atoms with Gasteiger partial charge in [-0.15, -0.1) is 0 Å². The molecule has 2 amide bonds. The molecule has 6 heteroatoms. The number of aromatic nitrogens is 1. The fraction of sp³-hybridized carbons (Fsp3) is 0.500. The van der Waals surface area contributed by atoms with E-state index < -0.39 is 0 Å². The first-order valence-corrected chi connectivity index (χ1v) is 6.76. The number of nitrogens with zero attached hydrogens (tertiary/aromatic N) is 1. The summed E-state index contributed by atoms with van der Waals surface area (Å²) >= 11 is 3.29. The fourth-order valence-corrected chi connectivity index (χ4v) is 2.44. The second-order valence-corrected chi connectivity index (χ2v) is 5.40. The number of aromatic amines is 1. The highest BCUT2D eigenvalue weighted by Crippen LogP contribution is 2.13. The Balaban J connectivity index is 1.85. The van der Waals surface area contributed by atoms with Crippen molar-refractivity contribution < 1.29 is 9.59 Å². The maximum Gasteiger partial charge on any atom is 0.267 e. The van der Waals surface area contributed by atoms with Gasteiger partial charge in [-0.2, -0.15) is 0 Å². The van der Waals surface area contributed by atoms with Gasteiger partial charge in [0.2, 0.25) is 5.91 Å². The summed E-state index contributed by atoms with van der Waals surface area (Å²) in [5.74, 6) is 0.00931. The molecule has 2 rings (SSSR count). The highest BCUT2D eigenvalue weighted by atomic mass is 79.9. The smallest absolute Gasteiger partial charge is 0.267 e. The van der Waals surface area contributed by atoms with Crippen molar-refractivity contribution in [3.8, 4) is 0 Å². The third kappa shape index (κ3) is 3.13.